The van der Waals surface area contributed by atoms with Crippen LogP contribution in [0.4, 0.5) is 0 Å². The van der Waals surface area contributed by atoms with Gasteiger partial charge in [-0.25, -0.2) is 0 Å². The highest BCUT2D eigenvalue weighted by Gasteiger charge is 2.17. The highest BCUT2D eigenvalue weighted by atomic mass is 79.9. The van der Waals surface area contributed by atoms with Crippen molar-refractivity contribution in [2.45, 2.75) is 17.5 Å². The first-order valence-electron chi connectivity index (χ1n) is 4.09. The number of rotatable bonds is 3. The fourth-order valence-corrected chi connectivity index (χ4v) is 1.46. The highest BCUT2D eigenvalue weighted by molar-refractivity contribution is 9.08. The quantitative estimate of drug-likeness (QED) is 0.636. The van der Waals surface area contributed by atoms with E-state index in [0.717, 1.165) is 5.56 Å². The number of aliphatic hydroxyl groups excluding tert-OH is 2. The molecule has 0 aliphatic carbocycles. The molecule has 0 amide bonds. The highest BCUT2D eigenvalue weighted by Crippen LogP contribution is 2.18. The molecular weight excluding hydrogens is 246 g/mol. The Morgan fingerprint density at radius 2 is 2.14 bits per heavy atom. The van der Waals surface area contributed by atoms with E-state index in [1.54, 1.807) is 24.3 Å². The molecule has 0 spiro atoms. The second-order valence-electron chi connectivity index (χ2n) is 2.90. The summed E-state index contributed by atoms with van der Waals surface area (Å²) >= 11 is 3.29. The largest absolute Gasteiger partial charge is 0.385 e. The summed E-state index contributed by atoms with van der Waals surface area (Å²) in [5.74, 6) is 0. The zero-order valence-corrected chi connectivity index (χ0v) is 8.98. The summed E-state index contributed by atoms with van der Waals surface area (Å²) in [6.07, 6.45) is -2.51. The van der Waals surface area contributed by atoms with E-state index in [-0.39, 0.29) is 0 Å². The minimum Gasteiger partial charge on any atom is -0.385 e. The van der Waals surface area contributed by atoms with Crippen molar-refractivity contribution in [3.8, 4) is 6.07 Å². The Labute approximate surface area is 90.7 Å². The monoisotopic (exact) mass is 255 g/mol. The third kappa shape index (κ3) is 2.55. The Morgan fingerprint density at radius 1 is 1.43 bits per heavy atom. The zero-order valence-electron chi connectivity index (χ0n) is 7.39. The van der Waals surface area contributed by atoms with E-state index in [1.165, 1.54) is 0 Å². The summed E-state index contributed by atoms with van der Waals surface area (Å²) in [5, 5.41) is 27.7. The third-order valence-corrected chi connectivity index (χ3v) is 2.53. The lowest BCUT2D eigenvalue weighted by molar-refractivity contribution is 0.0527. The Morgan fingerprint density at radius 3 is 2.71 bits per heavy atom. The van der Waals surface area contributed by atoms with Gasteiger partial charge in [0, 0.05) is 5.33 Å². The molecule has 0 bridgehead atoms. The molecule has 14 heavy (non-hydrogen) atoms. The number of hydrogen-bond acceptors (Lipinski definition) is 3. The van der Waals surface area contributed by atoms with Crippen LogP contribution in [0.2, 0.25) is 0 Å². The summed E-state index contributed by atoms with van der Waals surface area (Å²) in [4.78, 5) is 0. The summed E-state index contributed by atoms with van der Waals surface area (Å²) in [6, 6.07) is 8.69. The van der Waals surface area contributed by atoms with Gasteiger partial charge in [-0.05, 0) is 11.1 Å². The molecule has 0 aliphatic heterocycles. The Kier molecular flexibility index (Phi) is 4.08. The van der Waals surface area contributed by atoms with Gasteiger partial charge < -0.3 is 10.2 Å². The smallest absolute Gasteiger partial charge is 0.170 e. The summed E-state index contributed by atoms with van der Waals surface area (Å²) < 4.78 is 0. The van der Waals surface area contributed by atoms with Gasteiger partial charge in [0.2, 0.25) is 0 Å². The number of nitriles is 1. The van der Waals surface area contributed by atoms with Gasteiger partial charge in [0.15, 0.2) is 6.10 Å². The first kappa shape index (κ1) is 11.2. The minimum atomic E-state index is -1.37. The van der Waals surface area contributed by atoms with Crippen LogP contribution < -0.4 is 0 Å². The Bertz CT molecular complexity index is 348. The van der Waals surface area contributed by atoms with Crippen LogP contribution in [0.25, 0.3) is 0 Å². The van der Waals surface area contributed by atoms with Crippen LogP contribution in [0.3, 0.4) is 0 Å². The summed E-state index contributed by atoms with van der Waals surface area (Å²) in [7, 11) is 0. The van der Waals surface area contributed by atoms with E-state index in [2.05, 4.69) is 15.9 Å². The van der Waals surface area contributed by atoms with Crippen LogP contribution in [-0.2, 0) is 5.33 Å². The fourth-order valence-electron chi connectivity index (χ4n) is 1.11. The Hall–Kier alpha value is -0.890. The molecule has 0 saturated heterocycles. The molecular formula is C10H10BrNO2. The van der Waals surface area contributed by atoms with Crippen molar-refractivity contribution >= 4 is 15.9 Å². The van der Waals surface area contributed by atoms with Gasteiger partial charge in [-0.1, -0.05) is 40.2 Å². The third-order valence-electron chi connectivity index (χ3n) is 1.88. The van der Waals surface area contributed by atoms with Gasteiger partial charge in [-0.2, -0.15) is 5.26 Å². The average molecular weight is 256 g/mol. The molecule has 0 aliphatic rings. The molecule has 4 heteroatoms. The van der Waals surface area contributed by atoms with E-state index >= 15 is 0 Å². The number of aliphatic hydroxyl groups is 2. The second-order valence-corrected chi connectivity index (χ2v) is 3.46. The van der Waals surface area contributed by atoms with Gasteiger partial charge in [0.25, 0.3) is 0 Å². The van der Waals surface area contributed by atoms with Gasteiger partial charge >= 0.3 is 0 Å². The summed E-state index contributed by atoms with van der Waals surface area (Å²) in [6.45, 7) is 0. The van der Waals surface area contributed by atoms with E-state index in [9.17, 15) is 5.11 Å². The lowest BCUT2D eigenvalue weighted by Crippen LogP contribution is -2.15. The van der Waals surface area contributed by atoms with Crippen molar-refractivity contribution in [2.75, 3.05) is 0 Å². The number of halogens is 1. The lowest BCUT2D eigenvalue weighted by atomic mass is 10.0. The van der Waals surface area contributed by atoms with Gasteiger partial charge in [-0.15, -0.1) is 0 Å². The van der Waals surface area contributed by atoms with Crippen LogP contribution in [0.15, 0.2) is 24.3 Å². The van der Waals surface area contributed by atoms with Gasteiger partial charge in [-0.3, -0.25) is 0 Å². The molecule has 74 valence electrons. The molecule has 2 N–H and O–H groups in total. The maximum absolute atomic E-state index is 9.52. The molecule has 1 aromatic rings. The predicted octanol–water partition coefficient (Wildman–Crippen LogP) is 1.50. The van der Waals surface area contributed by atoms with Crippen molar-refractivity contribution in [3.63, 3.8) is 0 Å². The number of benzene rings is 1. The molecule has 3 nitrogen and oxygen atoms in total. The predicted molar refractivity (Wildman–Crippen MR) is 55.7 cm³/mol. The molecule has 0 fully saturated rings. The van der Waals surface area contributed by atoms with Crippen molar-refractivity contribution in [2.24, 2.45) is 0 Å². The van der Waals surface area contributed by atoms with Crippen LogP contribution in [0.5, 0.6) is 0 Å². The molecule has 1 rings (SSSR count). The number of alkyl halides is 1. The van der Waals surface area contributed by atoms with Crippen LogP contribution in [0.1, 0.15) is 17.2 Å². The number of nitrogens with zero attached hydrogens (tertiary/aromatic N) is 1. The van der Waals surface area contributed by atoms with E-state index in [0.29, 0.717) is 10.9 Å². The second kappa shape index (κ2) is 5.11. The van der Waals surface area contributed by atoms with Gasteiger partial charge in [0.1, 0.15) is 6.10 Å². The standard InChI is InChI=1S/C10H10BrNO2/c11-5-7-2-1-3-8(4-7)10(14)9(13)6-12/h1-4,9-10,13-14H,5H2. The van der Waals surface area contributed by atoms with Crippen molar-refractivity contribution in [3.05, 3.63) is 35.4 Å². The first-order chi connectivity index (χ1) is 6.69. The molecule has 2 atom stereocenters. The van der Waals surface area contributed by atoms with Crippen LogP contribution in [0, 0.1) is 11.3 Å². The molecule has 1 aromatic carbocycles. The average Bonchev–Trinajstić information content (AvgIpc) is 2.27. The SMILES string of the molecule is N#CC(O)C(O)c1cccc(CBr)c1. The zero-order chi connectivity index (χ0) is 10.6. The Balaban J connectivity index is 2.90. The van der Waals surface area contributed by atoms with Gasteiger partial charge in [0.05, 0.1) is 6.07 Å². The maximum Gasteiger partial charge on any atom is 0.170 e. The fraction of sp³-hybridized carbons (Fsp3) is 0.300. The van der Waals surface area contributed by atoms with Crippen LogP contribution >= 0.6 is 15.9 Å². The van der Waals surface area contributed by atoms with E-state index < -0.39 is 12.2 Å². The first-order valence-corrected chi connectivity index (χ1v) is 5.21. The molecule has 0 aromatic heterocycles. The number of hydrogen-bond donors (Lipinski definition) is 2. The maximum atomic E-state index is 9.52. The van der Waals surface area contributed by atoms with Crippen molar-refractivity contribution in [1.29, 1.82) is 5.26 Å². The van der Waals surface area contributed by atoms with Crippen molar-refractivity contribution in [1.82, 2.24) is 0 Å². The van der Waals surface area contributed by atoms with Crippen LogP contribution in [-0.4, -0.2) is 16.3 Å². The van der Waals surface area contributed by atoms with E-state index in [4.69, 9.17) is 10.4 Å². The topological polar surface area (TPSA) is 64.2 Å². The molecule has 0 saturated carbocycles. The minimum absolute atomic E-state index is 0.552. The van der Waals surface area contributed by atoms with Crippen molar-refractivity contribution < 1.29 is 10.2 Å². The molecule has 2 unspecified atom stereocenters. The normalized spacial score (nSPS) is 14.4. The molecule has 0 heterocycles. The lowest BCUT2D eigenvalue weighted by Gasteiger charge is -2.12. The van der Waals surface area contributed by atoms with E-state index in [1.807, 2.05) is 6.07 Å². The summed E-state index contributed by atoms with van der Waals surface area (Å²) in [5.41, 5.74) is 1.54. The molecule has 0 radical (unpaired) electrons.